The van der Waals surface area contributed by atoms with Gasteiger partial charge < -0.3 is 5.11 Å². The molecule has 104 valence electrons. The Morgan fingerprint density at radius 2 is 2.05 bits per heavy atom. The number of nitrogens with zero attached hydrogens (tertiary/aromatic N) is 1. The Morgan fingerprint density at radius 3 is 2.65 bits per heavy atom. The second-order valence-electron chi connectivity index (χ2n) is 4.85. The third-order valence-corrected chi connectivity index (χ3v) is 3.88. The summed E-state index contributed by atoms with van der Waals surface area (Å²) in [6, 6.07) is 10.2. The molecule has 0 amide bonds. The average molecular weight is 287 g/mol. The topological polar surface area (TPSA) is 50.2 Å². The van der Waals surface area contributed by atoms with Gasteiger partial charge in [-0.3, -0.25) is 0 Å². The van der Waals surface area contributed by atoms with Crippen molar-refractivity contribution in [2.24, 2.45) is 0 Å². The number of aromatic nitrogens is 1. The van der Waals surface area contributed by atoms with Gasteiger partial charge in [0.25, 0.3) is 0 Å². The van der Waals surface area contributed by atoms with Crippen LogP contribution in [0.15, 0.2) is 36.4 Å². The number of thiazole rings is 1. The van der Waals surface area contributed by atoms with E-state index in [4.69, 9.17) is 5.11 Å². The van der Waals surface area contributed by atoms with E-state index in [1.165, 1.54) is 11.6 Å². The van der Waals surface area contributed by atoms with Gasteiger partial charge in [0, 0.05) is 12.5 Å². The van der Waals surface area contributed by atoms with Crippen LogP contribution < -0.4 is 0 Å². The highest BCUT2D eigenvalue weighted by Gasteiger charge is 2.12. The lowest BCUT2D eigenvalue weighted by Crippen LogP contribution is -1.92. The summed E-state index contributed by atoms with van der Waals surface area (Å²) in [5.41, 5.74) is 2.18. The minimum atomic E-state index is -0.933. The molecule has 1 aromatic carbocycles. The second-order valence-corrected chi connectivity index (χ2v) is 5.96. The van der Waals surface area contributed by atoms with Gasteiger partial charge in [-0.15, -0.1) is 11.3 Å². The monoisotopic (exact) mass is 287 g/mol. The van der Waals surface area contributed by atoms with Crippen molar-refractivity contribution >= 4 is 23.4 Å². The summed E-state index contributed by atoms with van der Waals surface area (Å²) >= 11 is 1.56. The minimum absolute atomic E-state index is 0.282. The Kier molecular flexibility index (Phi) is 4.69. The SMILES string of the molecule is CC(C)c1nc(Cc2ccccc2)sc1/C=C/C(=O)O. The van der Waals surface area contributed by atoms with Crippen LogP contribution in [0, 0.1) is 0 Å². The summed E-state index contributed by atoms with van der Waals surface area (Å²) in [5.74, 6) is -0.651. The molecular formula is C16H17NO2S. The molecule has 0 aliphatic carbocycles. The molecule has 4 heteroatoms. The maximum absolute atomic E-state index is 10.6. The average Bonchev–Trinajstić information content (AvgIpc) is 2.81. The molecule has 0 aliphatic heterocycles. The first kappa shape index (κ1) is 14.5. The van der Waals surface area contributed by atoms with Gasteiger partial charge in [0.1, 0.15) is 0 Å². The first-order chi connectivity index (χ1) is 9.56. The van der Waals surface area contributed by atoms with Crippen molar-refractivity contribution in [1.82, 2.24) is 4.98 Å². The molecule has 0 radical (unpaired) electrons. The van der Waals surface area contributed by atoms with E-state index in [0.717, 1.165) is 22.0 Å². The quantitative estimate of drug-likeness (QED) is 0.847. The summed E-state index contributed by atoms with van der Waals surface area (Å²) in [7, 11) is 0. The van der Waals surface area contributed by atoms with Crippen molar-refractivity contribution < 1.29 is 9.90 Å². The van der Waals surface area contributed by atoms with Crippen LogP contribution in [0.4, 0.5) is 0 Å². The molecular weight excluding hydrogens is 270 g/mol. The molecule has 0 atom stereocenters. The lowest BCUT2D eigenvalue weighted by Gasteiger charge is -2.00. The van der Waals surface area contributed by atoms with Crippen molar-refractivity contribution in [2.75, 3.05) is 0 Å². The minimum Gasteiger partial charge on any atom is -0.478 e. The third-order valence-electron chi connectivity index (χ3n) is 2.85. The van der Waals surface area contributed by atoms with Crippen molar-refractivity contribution in [2.45, 2.75) is 26.2 Å². The molecule has 0 saturated heterocycles. The van der Waals surface area contributed by atoms with Crippen LogP contribution in [0.5, 0.6) is 0 Å². The standard InChI is InChI=1S/C16H17NO2S/c1-11(2)16-13(8-9-15(18)19)20-14(17-16)10-12-6-4-3-5-7-12/h3-9,11H,10H2,1-2H3,(H,18,19)/b9-8+. The van der Waals surface area contributed by atoms with Crippen LogP contribution in [0.2, 0.25) is 0 Å². The van der Waals surface area contributed by atoms with E-state index in [2.05, 4.69) is 31.0 Å². The van der Waals surface area contributed by atoms with Crippen LogP contribution in [0.3, 0.4) is 0 Å². The second kappa shape index (κ2) is 6.48. The predicted octanol–water partition coefficient (Wildman–Crippen LogP) is 3.96. The molecule has 0 fully saturated rings. The molecule has 0 bridgehead atoms. The number of hydrogen-bond acceptors (Lipinski definition) is 3. The molecule has 1 heterocycles. The number of carbonyl (C=O) groups is 1. The molecule has 0 spiro atoms. The van der Waals surface area contributed by atoms with E-state index in [-0.39, 0.29) is 5.92 Å². The van der Waals surface area contributed by atoms with Gasteiger partial charge in [-0.1, -0.05) is 44.2 Å². The Labute approximate surface area is 122 Å². The van der Waals surface area contributed by atoms with Gasteiger partial charge in [0.15, 0.2) is 0 Å². The zero-order chi connectivity index (χ0) is 14.5. The van der Waals surface area contributed by atoms with Gasteiger partial charge in [0.05, 0.1) is 15.6 Å². The normalized spacial score (nSPS) is 11.3. The van der Waals surface area contributed by atoms with Gasteiger partial charge in [-0.05, 0) is 17.6 Å². The number of benzene rings is 1. The van der Waals surface area contributed by atoms with E-state index in [0.29, 0.717) is 0 Å². The predicted molar refractivity (Wildman–Crippen MR) is 82.1 cm³/mol. The number of aliphatic carboxylic acids is 1. The lowest BCUT2D eigenvalue weighted by molar-refractivity contribution is -0.131. The van der Waals surface area contributed by atoms with Gasteiger partial charge >= 0.3 is 5.97 Å². The third kappa shape index (κ3) is 3.78. The fourth-order valence-electron chi connectivity index (χ4n) is 1.92. The molecule has 1 N–H and O–H groups in total. The van der Waals surface area contributed by atoms with Crippen molar-refractivity contribution in [3.63, 3.8) is 0 Å². The summed E-state index contributed by atoms with van der Waals surface area (Å²) < 4.78 is 0. The highest BCUT2D eigenvalue weighted by molar-refractivity contribution is 7.12. The molecule has 2 aromatic rings. The molecule has 0 unspecified atom stereocenters. The Hall–Kier alpha value is -1.94. The number of rotatable bonds is 5. The van der Waals surface area contributed by atoms with E-state index in [1.54, 1.807) is 17.4 Å². The maximum atomic E-state index is 10.6. The van der Waals surface area contributed by atoms with Crippen LogP contribution >= 0.6 is 11.3 Å². The summed E-state index contributed by atoms with van der Waals surface area (Å²) in [4.78, 5) is 16.2. The lowest BCUT2D eigenvalue weighted by atomic mass is 10.1. The van der Waals surface area contributed by atoms with Crippen LogP contribution in [0.25, 0.3) is 6.08 Å². The smallest absolute Gasteiger partial charge is 0.328 e. The molecule has 3 nitrogen and oxygen atoms in total. The molecule has 1 aromatic heterocycles. The Bertz CT molecular complexity index is 615. The fourth-order valence-corrected chi connectivity index (χ4v) is 3.08. The van der Waals surface area contributed by atoms with E-state index < -0.39 is 5.97 Å². The fraction of sp³-hybridized carbons (Fsp3) is 0.250. The molecule has 0 saturated carbocycles. The van der Waals surface area contributed by atoms with Gasteiger partial charge in [0.2, 0.25) is 0 Å². The van der Waals surface area contributed by atoms with E-state index in [9.17, 15) is 4.79 Å². The Balaban J connectivity index is 2.27. The van der Waals surface area contributed by atoms with Crippen LogP contribution in [0.1, 0.15) is 40.9 Å². The van der Waals surface area contributed by atoms with Crippen LogP contribution in [-0.2, 0) is 11.2 Å². The number of carboxylic acid groups (broad SMARTS) is 1. The largest absolute Gasteiger partial charge is 0.478 e. The molecule has 2 rings (SSSR count). The van der Waals surface area contributed by atoms with Gasteiger partial charge in [-0.25, -0.2) is 9.78 Å². The molecule has 20 heavy (non-hydrogen) atoms. The number of hydrogen-bond donors (Lipinski definition) is 1. The number of carboxylic acids is 1. The zero-order valence-corrected chi connectivity index (χ0v) is 12.4. The van der Waals surface area contributed by atoms with E-state index >= 15 is 0 Å². The Morgan fingerprint density at radius 1 is 1.35 bits per heavy atom. The highest BCUT2D eigenvalue weighted by Crippen LogP contribution is 2.27. The first-order valence-corrected chi connectivity index (χ1v) is 7.32. The summed E-state index contributed by atoms with van der Waals surface area (Å²) in [6.07, 6.45) is 3.60. The van der Waals surface area contributed by atoms with Crippen molar-refractivity contribution in [3.8, 4) is 0 Å². The zero-order valence-electron chi connectivity index (χ0n) is 11.5. The van der Waals surface area contributed by atoms with E-state index in [1.807, 2.05) is 18.2 Å². The highest BCUT2D eigenvalue weighted by atomic mass is 32.1. The van der Waals surface area contributed by atoms with Gasteiger partial charge in [-0.2, -0.15) is 0 Å². The van der Waals surface area contributed by atoms with Crippen LogP contribution in [-0.4, -0.2) is 16.1 Å². The summed E-state index contributed by atoms with van der Waals surface area (Å²) in [5, 5.41) is 9.76. The van der Waals surface area contributed by atoms with Crippen molar-refractivity contribution in [1.29, 1.82) is 0 Å². The maximum Gasteiger partial charge on any atom is 0.328 e. The first-order valence-electron chi connectivity index (χ1n) is 6.51. The molecule has 0 aliphatic rings. The summed E-state index contributed by atoms with van der Waals surface area (Å²) in [6.45, 7) is 4.14. The van der Waals surface area contributed by atoms with Crippen molar-refractivity contribution in [3.05, 3.63) is 57.6 Å².